The summed E-state index contributed by atoms with van der Waals surface area (Å²) in [6, 6.07) is 4.69. The molecule has 0 aromatic carbocycles. The van der Waals surface area contributed by atoms with Gasteiger partial charge in [-0.3, -0.25) is 9.20 Å². The van der Waals surface area contributed by atoms with Crippen LogP contribution in [0.1, 0.15) is 47.8 Å². The molecule has 2 N–H and O–H groups in total. The van der Waals surface area contributed by atoms with E-state index in [2.05, 4.69) is 15.3 Å². The van der Waals surface area contributed by atoms with E-state index in [1.807, 2.05) is 6.92 Å². The van der Waals surface area contributed by atoms with Crippen LogP contribution in [0.3, 0.4) is 0 Å². The lowest BCUT2D eigenvalue weighted by Gasteiger charge is -2.38. The summed E-state index contributed by atoms with van der Waals surface area (Å²) in [5.74, 6) is -0.912. The van der Waals surface area contributed by atoms with Crippen LogP contribution in [-0.2, 0) is 6.54 Å². The minimum atomic E-state index is -1.21. The van der Waals surface area contributed by atoms with Crippen LogP contribution in [0.5, 0.6) is 5.88 Å². The van der Waals surface area contributed by atoms with Gasteiger partial charge in [-0.2, -0.15) is 4.98 Å². The highest BCUT2D eigenvalue weighted by Gasteiger charge is 2.35. The molecule has 0 bridgehead atoms. The number of carboxylic acids is 1. The highest BCUT2D eigenvalue weighted by molar-refractivity contribution is 6.30. The molecule has 0 spiro atoms. The average Bonchev–Trinajstić information content (AvgIpc) is 2.70. The second kappa shape index (κ2) is 8.01. The van der Waals surface area contributed by atoms with E-state index in [0.717, 1.165) is 19.3 Å². The van der Waals surface area contributed by atoms with E-state index >= 15 is 0 Å². The topological polar surface area (TPSA) is 106 Å². The van der Waals surface area contributed by atoms with Crippen molar-refractivity contribution in [2.24, 2.45) is 0 Å². The van der Waals surface area contributed by atoms with E-state index in [-0.39, 0.29) is 34.2 Å². The Labute approximate surface area is 187 Å². The fourth-order valence-corrected chi connectivity index (χ4v) is 3.89. The van der Waals surface area contributed by atoms with Crippen molar-refractivity contribution >= 4 is 40.5 Å². The van der Waals surface area contributed by atoms with Crippen molar-refractivity contribution in [3.8, 4) is 5.88 Å². The number of halogens is 2. The lowest BCUT2D eigenvalue weighted by Crippen LogP contribution is -2.40. The molecule has 1 aliphatic carbocycles. The summed E-state index contributed by atoms with van der Waals surface area (Å²) < 4.78 is 7.47. The summed E-state index contributed by atoms with van der Waals surface area (Å²) in [4.78, 5) is 32.9. The third-order valence-corrected chi connectivity index (χ3v) is 5.85. The van der Waals surface area contributed by atoms with E-state index in [9.17, 15) is 14.7 Å². The maximum Gasteiger partial charge on any atom is 0.356 e. The van der Waals surface area contributed by atoms with Crippen molar-refractivity contribution in [2.45, 2.75) is 45.3 Å². The van der Waals surface area contributed by atoms with Gasteiger partial charge in [0.15, 0.2) is 5.69 Å². The summed E-state index contributed by atoms with van der Waals surface area (Å²) in [7, 11) is 0. The highest BCUT2D eigenvalue weighted by atomic mass is 35.5. The molecule has 31 heavy (non-hydrogen) atoms. The van der Waals surface area contributed by atoms with Crippen LogP contribution in [0.15, 0.2) is 29.2 Å². The zero-order valence-electron chi connectivity index (χ0n) is 16.9. The van der Waals surface area contributed by atoms with Crippen LogP contribution in [0.2, 0.25) is 10.2 Å². The van der Waals surface area contributed by atoms with Crippen LogP contribution in [-0.4, -0.2) is 31.0 Å². The van der Waals surface area contributed by atoms with E-state index in [0.29, 0.717) is 27.7 Å². The minimum absolute atomic E-state index is 0.0751. The van der Waals surface area contributed by atoms with Gasteiger partial charge in [-0.15, -0.1) is 0 Å². The fraction of sp³-hybridized carbons (Fsp3) is 0.333. The Bertz CT molecular complexity index is 1250. The summed E-state index contributed by atoms with van der Waals surface area (Å²) in [5.41, 5.74) is 0.861. The first kappa shape index (κ1) is 21.4. The third-order valence-electron chi connectivity index (χ3n) is 5.44. The Morgan fingerprint density at radius 2 is 2.06 bits per heavy atom. The van der Waals surface area contributed by atoms with Crippen molar-refractivity contribution in [2.75, 3.05) is 5.32 Å². The molecule has 0 saturated heterocycles. The van der Waals surface area contributed by atoms with Crippen molar-refractivity contribution < 1.29 is 14.6 Å². The standard InChI is InChI=1S/C21H20Cl2N4O4/c1-11-18(31-21(2)6-3-7-21)26-17-12(8-13(22)10-27(17)19(11)28)9-24-14-4-5-15(23)25-16(14)20(29)30/h4-5,8,10,24H,3,6-7,9H2,1-2H3,(H,29,30). The van der Waals surface area contributed by atoms with Crippen molar-refractivity contribution in [3.63, 3.8) is 0 Å². The van der Waals surface area contributed by atoms with Crippen LogP contribution in [0.4, 0.5) is 5.69 Å². The molecule has 10 heteroatoms. The summed E-state index contributed by atoms with van der Waals surface area (Å²) >= 11 is 12.1. The minimum Gasteiger partial charge on any atom is -0.476 e. The predicted octanol–water partition coefficient (Wildman–Crippen LogP) is 4.34. The van der Waals surface area contributed by atoms with Crippen LogP contribution >= 0.6 is 23.2 Å². The number of carbonyl (C=O) groups is 1. The molecule has 0 radical (unpaired) electrons. The third kappa shape index (κ3) is 4.18. The lowest BCUT2D eigenvalue weighted by molar-refractivity contribution is 0.00658. The van der Waals surface area contributed by atoms with Crippen molar-refractivity contribution in [1.82, 2.24) is 14.4 Å². The molecular formula is C21H20Cl2N4O4. The van der Waals surface area contributed by atoms with Crippen molar-refractivity contribution in [1.29, 1.82) is 0 Å². The number of hydrogen-bond acceptors (Lipinski definition) is 6. The fourth-order valence-electron chi connectivity index (χ4n) is 3.51. The second-order valence-electron chi connectivity index (χ2n) is 7.82. The Balaban J connectivity index is 1.75. The molecule has 1 aliphatic rings. The van der Waals surface area contributed by atoms with Gasteiger partial charge in [0, 0.05) is 18.3 Å². The van der Waals surface area contributed by atoms with Crippen molar-refractivity contribution in [3.05, 3.63) is 61.7 Å². The van der Waals surface area contributed by atoms with E-state index < -0.39 is 5.97 Å². The molecule has 1 fully saturated rings. The number of ether oxygens (including phenoxy) is 1. The monoisotopic (exact) mass is 462 g/mol. The maximum atomic E-state index is 13.0. The summed E-state index contributed by atoms with van der Waals surface area (Å²) in [6.45, 7) is 3.83. The highest BCUT2D eigenvalue weighted by Crippen LogP contribution is 2.36. The van der Waals surface area contributed by atoms with Gasteiger partial charge < -0.3 is 15.2 Å². The normalized spacial score (nSPS) is 14.8. The molecule has 4 rings (SSSR count). The smallest absolute Gasteiger partial charge is 0.356 e. The number of aromatic carboxylic acids is 1. The Hall–Kier alpha value is -2.84. The number of nitrogens with zero attached hydrogens (tertiary/aromatic N) is 3. The Morgan fingerprint density at radius 1 is 1.32 bits per heavy atom. The van der Waals surface area contributed by atoms with Gasteiger partial charge >= 0.3 is 5.97 Å². The SMILES string of the molecule is Cc1c(OC2(C)CCC2)nc2c(CNc3ccc(Cl)nc3C(=O)O)cc(Cl)cn2c1=O. The zero-order valence-corrected chi connectivity index (χ0v) is 18.4. The molecule has 3 aromatic rings. The number of rotatable bonds is 6. The molecule has 3 heterocycles. The first-order valence-corrected chi connectivity index (χ1v) is 10.5. The number of carboxylic acid groups (broad SMARTS) is 1. The number of pyridine rings is 2. The van der Waals surface area contributed by atoms with E-state index in [1.54, 1.807) is 13.0 Å². The lowest BCUT2D eigenvalue weighted by atomic mass is 9.82. The molecule has 0 amide bonds. The summed E-state index contributed by atoms with van der Waals surface area (Å²) in [6.07, 6.45) is 4.39. The number of aromatic nitrogens is 3. The first-order chi connectivity index (χ1) is 14.7. The largest absolute Gasteiger partial charge is 0.476 e. The number of anilines is 1. The quantitative estimate of drug-likeness (QED) is 0.524. The van der Waals surface area contributed by atoms with Gasteiger partial charge in [-0.05, 0) is 51.3 Å². The Morgan fingerprint density at radius 3 is 2.71 bits per heavy atom. The van der Waals surface area contributed by atoms with Gasteiger partial charge in [0.25, 0.3) is 5.56 Å². The predicted molar refractivity (Wildman–Crippen MR) is 118 cm³/mol. The number of hydrogen-bond donors (Lipinski definition) is 2. The summed E-state index contributed by atoms with van der Waals surface area (Å²) in [5, 5.41) is 12.8. The molecule has 3 aromatic heterocycles. The average molecular weight is 463 g/mol. The molecule has 8 nitrogen and oxygen atoms in total. The Kier molecular flexibility index (Phi) is 5.53. The molecule has 1 saturated carbocycles. The van der Waals surface area contributed by atoms with Gasteiger partial charge in [-0.1, -0.05) is 23.2 Å². The maximum absolute atomic E-state index is 13.0. The zero-order chi connectivity index (χ0) is 22.3. The van der Waals surface area contributed by atoms with Crippen LogP contribution < -0.4 is 15.6 Å². The number of fused-ring (bicyclic) bond motifs is 1. The molecule has 0 aliphatic heterocycles. The number of nitrogens with one attached hydrogen (secondary N) is 1. The van der Waals surface area contributed by atoms with Gasteiger partial charge in [0.2, 0.25) is 5.88 Å². The molecular weight excluding hydrogens is 443 g/mol. The van der Waals surface area contributed by atoms with E-state index in [1.165, 1.54) is 22.7 Å². The molecule has 0 unspecified atom stereocenters. The van der Waals surface area contributed by atoms with Crippen LogP contribution in [0.25, 0.3) is 5.65 Å². The van der Waals surface area contributed by atoms with Gasteiger partial charge in [0.05, 0.1) is 16.3 Å². The van der Waals surface area contributed by atoms with Gasteiger partial charge in [0.1, 0.15) is 16.4 Å². The molecule has 0 atom stereocenters. The first-order valence-electron chi connectivity index (χ1n) is 9.71. The second-order valence-corrected chi connectivity index (χ2v) is 8.64. The van der Waals surface area contributed by atoms with Gasteiger partial charge in [-0.25, -0.2) is 9.78 Å². The van der Waals surface area contributed by atoms with Crippen LogP contribution in [0, 0.1) is 6.92 Å². The van der Waals surface area contributed by atoms with E-state index in [4.69, 9.17) is 27.9 Å². The molecule has 162 valence electrons.